The second kappa shape index (κ2) is 12.4. The third-order valence-electron chi connectivity index (χ3n) is 3.60. The van der Waals surface area contributed by atoms with Crippen LogP contribution in [0.15, 0.2) is 60.7 Å². The van der Waals surface area contributed by atoms with Crippen LogP contribution >= 0.6 is 0 Å². The maximum atomic E-state index is 4.25. The maximum absolute atomic E-state index is 4.25. The number of rotatable bonds is 3. The van der Waals surface area contributed by atoms with Gasteiger partial charge in [-0.25, -0.2) is 0 Å². The summed E-state index contributed by atoms with van der Waals surface area (Å²) in [4.78, 5) is 12.1. The molecule has 0 atom stereocenters. The molecule has 0 amide bonds. The van der Waals surface area contributed by atoms with Crippen LogP contribution in [0, 0.1) is 20.2 Å². The maximum Gasteiger partial charge on any atom is 0.0471 e. The molecule has 0 bridgehead atoms. The quantitative estimate of drug-likeness (QED) is 0.499. The molecular weight excluding hydrogens is 407 g/mol. The zero-order valence-corrected chi connectivity index (χ0v) is 19.2. The first-order valence-electron chi connectivity index (χ1n) is 8.63. The van der Waals surface area contributed by atoms with Gasteiger partial charge < -0.3 is 15.0 Å². The van der Waals surface area contributed by atoms with Crippen molar-refractivity contribution in [1.29, 1.82) is 0 Å². The van der Waals surface area contributed by atoms with Gasteiger partial charge >= 0.3 is 0 Å². The van der Waals surface area contributed by atoms with Crippen molar-refractivity contribution in [1.82, 2.24) is 15.0 Å². The van der Waals surface area contributed by atoms with E-state index in [-0.39, 0.29) is 32.7 Å². The third kappa shape index (κ3) is 8.07. The van der Waals surface area contributed by atoms with E-state index in [1.807, 2.05) is 57.2 Å². The van der Waals surface area contributed by atoms with Crippen LogP contribution in [-0.4, -0.2) is 15.0 Å². The fraction of sp³-hybridized carbons (Fsp3) is 0.174. The van der Waals surface area contributed by atoms with Gasteiger partial charge in [0.15, 0.2) is 0 Å². The van der Waals surface area contributed by atoms with Gasteiger partial charge in [-0.15, -0.1) is 0 Å². The van der Waals surface area contributed by atoms with E-state index in [4.69, 9.17) is 0 Å². The summed E-state index contributed by atoms with van der Waals surface area (Å²) in [6, 6.07) is 16.5. The predicted octanol–water partition coefficient (Wildman–Crippen LogP) is 5.71. The zero-order valence-electron chi connectivity index (χ0n) is 16.3. The normalized spacial score (nSPS) is 10.4. The van der Waals surface area contributed by atoms with Crippen molar-refractivity contribution in [3.05, 3.63) is 89.5 Å². The molecule has 4 heteroatoms. The second-order valence-corrected chi connectivity index (χ2v) is 5.84. The average Bonchev–Trinajstić information content (AvgIpc) is 2.65. The van der Waals surface area contributed by atoms with Crippen LogP contribution in [0.2, 0.25) is 0 Å². The van der Waals surface area contributed by atoms with E-state index in [0.29, 0.717) is 11.6 Å². The monoisotopic (exact) mass is 431 g/mol. The van der Waals surface area contributed by atoms with E-state index in [0.717, 1.165) is 5.56 Å². The van der Waals surface area contributed by atoms with Gasteiger partial charge in [-0.1, -0.05) is 85.3 Å². The fourth-order valence-electron chi connectivity index (χ4n) is 2.28. The first kappa shape index (κ1) is 23.1. The summed E-state index contributed by atoms with van der Waals surface area (Å²) in [7, 11) is 0. The van der Waals surface area contributed by atoms with E-state index in [1.165, 1.54) is 16.7 Å². The van der Waals surface area contributed by atoms with Crippen LogP contribution in [0.5, 0.6) is 0 Å². The zero-order chi connectivity index (χ0) is 18.8. The van der Waals surface area contributed by atoms with Gasteiger partial charge in [-0.2, -0.15) is 0 Å². The van der Waals surface area contributed by atoms with Crippen molar-refractivity contribution >= 4 is 12.2 Å². The molecule has 0 fully saturated rings. The number of benzene rings is 2. The Morgan fingerprint density at radius 1 is 0.741 bits per heavy atom. The number of nitrogens with zero attached hydrogens (tertiary/aromatic N) is 3. The fourth-order valence-corrected chi connectivity index (χ4v) is 2.28. The molecule has 3 aromatic rings. The molecule has 0 spiro atoms. The number of aromatic nitrogens is 3. The van der Waals surface area contributed by atoms with Gasteiger partial charge in [0.2, 0.25) is 0 Å². The molecular formula is C23H24N3Y-. The van der Waals surface area contributed by atoms with Crippen LogP contribution in [0.4, 0.5) is 0 Å². The van der Waals surface area contributed by atoms with E-state index >= 15 is 0 Å². The Morgan fingerprint density at radius 3 is 1.74 bits per heavy atom. The minimum Gasteiger partial charge on any atom is -0.353 e. The van der Waals surface area contributed by atoms with E-state index in [2.05, 4.69) is 64.6 Å². The average molecular weight is 431 g/mol. The van der Waals surface area contributed by atoms with Crippen LogP contribution < -0.4 is 0 Å². The van der Waals surface area contributed by atoms with Crippen LogP contribution in [0.3, 0.4) is 0 Å². The molecule has 0 aliphatic carbocycles. The molecule has 0 saturated heterocycles. The molecule has 1 heterocycles. The van der Waals surface area contributed by atoms with Crippen molar-refractivity contribution in [2.45, 2.75) is 27.7 Å². The van der Waals surface area contributed by atoms with E-state index in [9.17, 15) is 0 Å². The summed E-state index contributed by atoms with van der Waals surface area (Å²) in [5, 5.41) is 0. The SMILES string of the molecule is CC=Cc1ccc(-c2n[c-]nc(C)n2)cc1.CC=Cc1ccc(C)cc1.[Y]. The Labute approximate surface area is 187 Å². The van der Waals surface area contributed by atoms with Gasteiger partial charge in [-0.3, -0.25) is 0 Å². The predicted molar refractivity (Wildman–Crippen MR) is 109 cm³/mol. The van der Waals surface area contributed by atoms with Crippen molar-refractivity contribution < 1.29 is 32.7 Å². The van der Waals surface area contributed by atoms with Crippen LogP contribution in [0.25, 0.3) is 23.5 Å². The van der Waals surface area contributed by atoms with E-state index < -0.39 is 0 Å². The number of hydrogen-bond acceptors (Lipinski definition) is 3. The van der Waals surface area contributed by atoms with Crippen LogP contribution in [-0.2, 0) is 32.7 Å². The Hall–Kier alpha value is -1.97. The third-order valence-corrected chi connectivity index (χ3v) is 3.60. The smallest absolute Gasteiger partial charge is 0.0471 e. The van der Waals surface area contributed by atoms with Crippen molar-refractivity contribution in [3.8, 4) is 11.4 Å². The summed E-state index contributed by atoms with van der Waals surface area (Å²) >= 11 is 0. The Bertz CT molecular complexity index is 867. The van der Waals surface area contributed by atoms with E-state index in [1.54, 1.807) is 0 Å². The summed E-state index contributed by atoms with van der Waals surface area (Å²) < 4.78 is 0. The van der Waals surface area contributed by atoms with Crippen molar-refractivity contribution in [3.63, 3.8) is 0 Å². The molecule has 3 nitrogen and oxygen atoms in total. The molecule has 1 radical (unpaired) electrons. The summed E-state index contributed by atoms with van der Waals surface area (Å²) in [5.41, 5.74) is 4.73. The van der Waals surface area contributed by atoms with Gasteiger partial charge in [0.25, 0.3) is 0 Å². The molecule has 3 rings (SSSR count). The first-order chi connectivity index (χ1) is 12.6. The topological polar surface area (TPSA) is 38.7 Å². The van der Waals surface area contributed by atoms with Gasteiger partial charge in [0, 0.05) is 50.7 Å². The minimum atomic E-state index is 0. The molecule has 0 aliphatic heterocycles. The number of allylic oxidation sites excluding steroid dienone is 2. The first-order valence-corrected chi connectivity index (χ1v) is 8.63. The second-order valence-electron chi connectivity index (χ2n) is 5.84. The van der Waals surface area contributed by atoms with Gasteiger partial charge in [0.1, 0.15) is 0 Å². The van der Waals surface area contributed by atoms with Crippen LogP contribution in [0.1, 0.15) is 36.4 Å². The molecule has 0 saturated carbocycles. The largest absolute Gasteiger partial charge is 0.353 e. The Kier molecular flexibility index (Phi) is 10.6. The molecule has 0 unspecified atom stereocenters. The molecule has 0 N–H and O–H groups in total. The Morgan fingerprint density at radius 2 is 1.26 bits per heavy atom. The molecule has 0 aliphatic rings. The summed E-state index contributed by atoms with van der Waals surface area (Å²) in [6.45, 7) is 7.95. The minimum absolute atomic E-state index is 0. The molecule has 2 aromatic carbocycles. The molecule has 27 heavy (non-hydrogen) atoms. The molecule has 135 valence electrons. The standard InChI is InChI=1S/C13H12N3.C10H12.Y/c1-3-4-11-5-7-12(8-6-11)13-15-9-14-10(2)16-13;1-3-4-10-7-5-9(2)6-8-10;/h3-8H,1-2H3;3-8H,1-2H3;/q-1;;. The number of aryl methyl sites for hydroxylation is 2. The van der Waals surface area contributed by atoms with Crippen molar-refractivity contribution in [2.75, 3.05) is 0 Å². The van der Waals surface area contributed by atoms with Crippen molar-refractivity contribution in [2.24, 2.45) is 0 Å². The number of hydrogen-bond donors (Lipinski definition) is 0. The van der Waals surface area contributed by atoms with Gasteiger partial charge in [-0.05, 0) is 37.5 Å². The summed E-state index contributed by atoms with van der Waals surface area (Å²) in [5.74, 6) is 1.35. The molecule has 1 aromatic heterocycles. The Balaban J connectivity index is 0.000000288. The van der Waals surface area contributed by atoms with Gasteiger partial charge in [0.05, 0.1) is 0 Å². The summed E-state index contributed by atoms with van der Waals surface area (Å²) in [6.07, 6.45) is 10.8.